The van der Waals surface area contributed by atoms with Crippen molar-refractivity contribution in [1.29, 1.82) is 0 Å². The molecule has 6 heterocycles. The fourth-order valence-corrected chi connectivity index (χ4v) is 10.5. The molecule has 214 valence electrons. The van der Waals surface area contributed by atoms with Gasteiger partial charge in [0.25, 0.3) is 0 Å². The highest BCUT2D eigenvalue weighted by molar-refractivity contribution is 6.15. The van der Waals surface area contributed by atoms with E-state index in [4.69, 9.17) is 4.98 Å². The Morgan fingerprint density at radius 1 is 0.553 bits per heavy atom. The Labute approximate surface area is 269 Å². The van der Waals surface area contributed by atoms with Crippen LogP contribution in [0, 0.1) is 0 Å². The highest BCUT2D eigenvalue weighted by atomic mass is 15.3. The second kappa shape index (κ2) is 7.30. The van der Waals surface area contributed by atoms with Gasteiger partial charge in [0, 0.05) is 23.7 Å². The van der Waals surface area contributed by atoms with Crippen molar-refractivity contribution in [3.63, 3.8) is 0 Å². The molecule has 0 radical (unpaired) electrons. The summed E-state index contributed by atoms with van der Waals surface area (Å²) < 4.78 is 7.73. The molecule has 0 saturated carbocycles. The zero-order valence-electron chi connectivity index (χ0n) is 25.1. The third kappa shape index (κ3) is 2.13. The predicted molar refractivity (Wildman–Crippen MR) is 182 cm³/mol. The average Bonchev–Trinajstić information content (AvgIpc) is 3.83. The molecular formula is C43H24N4+2. The van der Waals surface area contributed by atoms with Crippen LogP contribution in [-0.4, -0.2) is 9.38 Å². The van der Waals surface area contributed by atoms with E-state index in [0.717, 1.165) is 11.0 Å². The molecule has 0 bridgehead atoms. The van der Waals surface area contributed by atoms with E-state index in [0.29, 0.717) is 0 Å². The van der Waals surface area contributed by atoms with Crippen LogP contribution in [0.25, 0.3) is 60.9 Å². The molecule has 9 aromatic rings. The summed E-state index contributed by atoms with van der Waals surface area (Å²) in [5, 5.41) is 2.51. The van der Waals surface area contributed by atoms with Crippen molar-refractivity contribution in [3.8, 4) is 22.4 Å². The lowest BCUT2D eigenvalue weighted by molar-refractivity contribution is -0.940. The van der Waals surface area contributed by atoms with Crippen LogP contribution in [0.15, 0.2) is 146 Å². The summed E-state index contributed by atoms with van der Waals surface area (Å²) in [6.45, 7) is 0. The predicted octanol–water partition coefficient (Wildman–Crippen LogP) is 7.64. The van der Waals surface area contributed by atoms with Crippen LogP contribution in [0.2, 0.25) is 0 Å². The molecule has 2 aliphatic carbocycles. The Bertz CT molecular complexity index is 2940. The molecular weight excluding hydrogens is 573 g/mol. The van der Waals surface area contributed by atoms with Gasteiger partial charge in [-0.2, -0.15) is 4.40 Å². The summed E-state index contributed by atoms with van der Waals surface area (Å²) in [7, 11) is 0. The first-order valence-electron chi connectivity index (χ1n) is 16.4. The maximum absolute atomic E-state index is 5.08. The highest BCUT2D eigenvalue weighted by Gasteiger charge is 2.71. The lowest BCUT2D eigenvalue weighted by Crippen LogP contribution is -2.73. The largest absolute Gasteiger partial charge is 0.365 e. The molecule has 47 heavy (non-hydrogen) atoms. The fourth-order valence-electron chi connectivity index (χ4n) is 10.5. The minimum absolute atomic E-state index is 0.468. The van der Waals surface area contributed by atoms with Crippen LogP contribution in [0.5, 0.6) is 0 Å². The van der Waals surface area contributed by atoms with Gasteiger partial charge >= 0.3 is 11.3 Å². The second-order valence-corrected chi connectivity index (χ2v) is 13.5. The van der Waals surface area contributed by atoms with Crippen molar-refractivity contribution in [3.05, 3.63) is 179 Å². The first-order valence-corrected chi connectivity index (χ1v) is 16.4. The number of para-hydroxylation sites is 2. The van der Waals surface area contributed by atoms with Crippen molar-refractivity contribution in [2.45, 2.75) is 11.1 Å². The van der Waals surface area contributed by atoms with Crippen LogP contribution in [0.3, 0.4) is 0 Å². The second-order valence-electron chi connectivity index (χ2n) is 13.5. The molecule has 4 aliphatic rings. The minimum atomic E-state index is -0.608. The maximum atomic E-state index is 5.08. The fraction of sp³-hybridized carbons (Fsp3) is 0.0465. The van der Waals surface area contributed by atoms with E-state index in [1.54, 1.807) is 0 Å². The molecule has 5 aromatic carbocycles. The SMILES string of the molecule is c1ccc2c(c1)-c1ccccc1C21c2cccc3c2C2(c4c1ccc1c5ncccc5n5c6ccccc6[n+]2c5c41)[n+]1ccccc1-3. The lowest BCUT2D eigenvalue weighted by atomic mass is 9.58. The van der Waals surface area contributed by atoms with E-state index in [1.165, 1.54) is 83.2 Å². The average molecular weight is 597 g/mol. The van der Waals surface area contributed by atoms with Gasteiger partial charge < -0.3 is 0 Å². The van der Waals surface area contributed by atoms with E-state index in [-0.39, 0.29) is 0 Å². The number of nitrogens with zero attached hydrogens (tertiary/aromatic N) is 4. The zero-order valence-corrected chi connectivity index (χ0v) is 25.1. The Balaban J connectivity index is 1.40. The lowest BCUT2D eigenvalue weighted by Gasteiger charge is -2.42. The summed E-state index contributed by atoms with van der Waals surface area (Å²) in [4.78, 5) is 5.08. The first kappa shape index (κ1) is 23.2. The van der Waals surface area contributed by atoms with Crippen molar-refractivity contribution in [2.75, 3.05) is 0 Å². The van der Waals surface area contributed by atoms with Gasteiger partial charge in [-0.05, 0) is 69.8 Å². The normalized spacial score (nSPS) is 18.0. The molecule has 0 saturated heterocycles. The molecule has 1 atom stereocenters. The van der Waals surface area contributed by atoms with Crippen LogP contribution in [0.4, 0.5) is 0 Å². The van der Waals surface area contributed by atoms with E-state index < -0.39 is 11.1 Å². The van der Waals surface area contributed by atoms with Gasteiger partial charge in [0.1, 0.15) is 5.52 Å². The van der Waals surface area contributed by atoms with Crippen molar-refractivity contribution in [1.82, 2.24) is 9.38 Å². The number of benzene rings is 5. The third-order valence-corrected chi connectivity index (χ3v) is 11.8. The van der Waals surface area contributed by atoms with E-state index >= 15 is 0 Å². The number of aromatic nitrogens is 4. The van der Waals surface area contributed by atoms with Gasteiger partial charge in [-0.1, -0.05) is 84.9 Å². The molecule has 2 spiro atoms. The van der Waals surface area contributed by atoms with E-state index in [1.807, 2.05) is 6.20 Å². The molecule has 0 N–H and O–H groups in total. The highest BCUT2D eigenvalue weighted by Crippen LogP contribution is 2.65. The first-order chi connectivity index (χ1) is 23.4. The van der Waals surface area contributed by atoms with Gasteiger partial charge in [0.15, 0.2) is 22.7 Å². The summed E-state index contributed by atoms with van der Waals surface area (Å²) in [6, 6.07) is 50.1. The van der Waals surface area contributed by atoms with Crippen molar-refractivity contribution in [2.24, 2.45) is 0 Å². The Morgan fingerprint density at radius 2 is 1.26 bits per heavy atom. The number of hydrogen-bond acceptors (Lipinski definition) is 1. The van der Waals surface area contributed by atoms with Crippen LogP contribution < -0.4 is 9.13 Å². The number of imidazole rings is 1. The van der Waals surface area contributed by atoms with E-state index in [9.17, 15) is 0 Å². The molecule has 0 fully saturated rings. The standard InChI is InChI=1S/C43H24N4/c1-3-14-29-25(11-1)26-12-2-4-15-30(26)42(29)31-16-9-13-27-33-17-7-8-24-45(33)43(38(27)31)39-32(42)22-21-28-37(39)41-46(36-20-10-23-44-40(28)36)34-18-5-6-19-35(34)47(41)43/h1-24H/q+2. The maximum Gasteiger partial charge on any atom is 0.365 e. The van der Waals surface area contributed by atoms with Gasteiger partial charge in [0.2, 0.25) is 5.69 Å². The van der Waals surface area contributed by atoms with Gasteiger partial charge in [-0.25, -0.2) is 0 Å². The number of rotatable bonds is 0. The topological polar surface area (TPSA) is 25.1 Å². The molecule has 2 aliphatic heterocycles. The van der Waals surface area contributed by atoms with Crippen molar-refractivity contribution >= 4 is 38.5 Å². The summed E-state index contributed by atoms with van der Waals surface area (Å²) >= 11 is 0. The number of fused-ring (bicyclic) bond motifs is 15. The van der Waals surface area contributed by atoms with Crippen LogP contribution in [-0.2, 0) is 11.1 Å². The molecule has 4 heteroatoms. The van der Waals surface area contributed by atoms with Gasteiger partial charge in [0.05, 0.1) is 27.5 Å². The van der Waals surface area contributed by atoms with Crippen molar-refractivity contribution < 1.29 is 9.13 Å². The summed E-state index contributed by atoms with van der Waals surface area (Å²) in [5.74, 6) is 0. The number of hydrogen-bond donors (Lipinski definition) is 0. The molecule has 4 nitrogen and oxygen atoms in total. The summed E-state index contributed by atoms with van der Waals surface area (Å²) in [6.07, 6.45) is 4.25. The quantitative estimate of drug-likeness (QED) is 0.131. The summed E-state index contributed by atoms with van der Waals surface area (Å²) in [5.41, 5.74) is 18.2. The minimum Gasteiger partial charge on any atom is -0.252 e. The van der Waals surface area contributed by atoms with Gasteiger partial charge in [-0.15, -0.1) is 9.13 Å². The third-order valence-electron chi connectivity index (χ3n) is 11.8. The zero-order chi connectivity index (χ0) is 30.2. The Kier molecular flexibility index (Phi) is 3.61. The smallest absolute Gasteiger partial charge is 0.252 e. The molecule has 0 amide bonds. The van der Waals surface area contributed by atoms with Gasteiger partial charge in [-0.3, -0.25) is 4.98 Å². The van der Waals surface area contributed by atoms with Crippen LogP contribution in [0.1, 0.15) is 33.4 Å². The monoisotopic (exact) mass is 596 g/mol. The number of pyridine rings is 3. The van der Waals surface area contributed by atoms with Crippen LogP contribution >= 0.6 is 0 Å². The van der Waals surface area contributed by atoms with E-state index in [2.05, 4.69) is 153 Å². The Morgan fingerprint density at radius 3 is 2.13 bits per heavy atom. The Hall–Kier alpha value is -6.13. The molecule has 4 aromatic heterocycles. The molecule has 13 rings (SSSR count). The molecule has 1 unspecified atom stereocenters.